The fourth-order valence-electron chi connectivity index (χ4n) is 0.785. The zero-order valence-corrected chi connectivity index (χ0v) is 6.98. The smallest absolute Gasteiger partial charge is 0.328 e. The van der Waals surface area contributed by atoms with Gasteiger partial charge < -0.3 is 9.52 Å². The van der Waals surface area contributed by atoms with Crippen LogP contribution in [-0.4, -0.2) is 16.9 Å². The molecule has 68 valence electrons. The topological polar surface area (TPSA) is 67.5 Å². The van der Waals surface area contributed by atoms with Gasteiger partial charge in [0.05, 0.1) is 0 Å². The number of Topliss-reactive ketones (excluding diaryl/α,β-unsaturated/α-hetero) is 1. The van der Waals surface area contributed by atoms with Crippen LogP contribution in [0.4, 0.5) is 0 Å². The van der Waals surface area contributed by atoms with Crippen LogP contribution in [0.5, 0.6) is 0 Å². The molecule has 0 atom stereocenters. The van der Waals surface area contributed by atoms with Gasteiger partial charge in [-0.1, -0.05) is 0 Å². The Bertz CT molecular complexity index is 359. The Morgan fingerprint density at radius 1 is 1.46 bits per heavy atom. The van der Waals surface area contributed by atoms with Crippen molar-refractivity contribution in [3.05, 3.63) is 29.7 Å². The normalized spacial score (nSPS) is 10.5. The van der Waals surface area contributed by atoms with E-state index in [1.54, 1.807) is 0 Å². The summed E-state index contributed by atoms with van der Waals surface area (Å²) in [7, 11) is 0. The first-order valence-electron chi connectivity index (χ1n) is 3.61. The first kappa shape index (κ1) is 9.25. The summed E-state index contributed by atoms with van der Waals surface area (Å²) in [6, 6.07) is 3.04. The quantitative estimate of drug-likeness (QED) is 0.566. The Labute approximate surface area is 74.5 Å². The lowest BCUT2D eigenvalue weighted by atomic mass is 10.3. The summed E-state index contributed by atoms with van der Waals surface area (Å²) in [6.07, 6.45) is 2.23. The molecule has 4 heteroatoms. The summed E-state index contributed by atoms with van der Waals surface area (Å²) in [5.74, 6) is -0.659. The zero-order chi connectivity index (χ0) is 9.84. The molecule has 1 heterocycles. The number of ketones is 1. The summed E-state index contributed by atoms with van der Waals surface area (Å²) < 4.78 is 5.00. The van der Waals surface area contributed by atoms with E-state index in [2.05, 4.69) is 0 Å². The number of hydrogen-bond acceptors (Lipinski definition) is 3. The highest BCUT2D eigenvalue weighted by molar-refractivity contribution is 5.91. The van der Waals surface area contributed by atoms with E-state index in [0.29, 0.717) is 5.76 Å². The van der Waals surface area contributed by atoms with Gasteiger partial charge in [0.25, 0.3) is 0 Å². The lowest BCUT2D eigenvalue weighted by Crippen LogP contribution is -1.86. The van der Waals surface area contributed by atoms with Crippen LogP contribution >= 0.6 is 0 Å². The molecule has 0 radical (unpaired) electrons. The van der Waals surface area contributed by atoms with Crippen molar-refractivity contribution >= 4 is 17.8 Å². The highest BCUT2D eigenvalue weighted by Crippen LogP contribution is 2.09. The maximum atomic E-state index is 10.8. The minimum atomic E-state index is -1.05. The summed E-state index contributed by atoms with van der Waals surface area (Å²) in [6.45, 7) is 1.38. The van der Waals surface area contributed by atoms with Crippen LogP contribution in [0, 0.1) is 0 Å². The second-order valence-electron chi connectivity index (χ2n) is 2.43. The highest BCUT2D eigenvalue weighted by Gasteiger charge is 2.03. The average molecular weight is 180 g/mol. The largest absolute Gasteiger partial charge is 0.478 e. The van der Waals surface area contributed by atoms with Gasteiger partial charge >= 0.3 is 5.97 Å². The fraction of sp³-hybridized carbons (Fsp3) is 0.111. The van der Waals surface area contributed by atoms with Crippen LogP contribution in [0.25, 0.3) is 6.08 Å². The summed E-state index contributed by atoms with van der Waals surface area (Å²) in [4.78, 5) is 20.9. The van der Waals surface area contributed by atoms with Crippen LogP contribution in [0.15, 0.2) is 22.6 Å². The fourth-order valence-corrected chi connectivity index (χ4v) is 0.785. The Morgan fingerprint density at radius 3 is 2.62 bits per heavy atom. The van der Waals surface area contributed by atoms with Crippen molar-refractivity contribution in [3.8, 4) is 0 Å². The molecule has 1 N–H and O–H groups in total. The van der Waals surface area contributed by atoms with Gasteiger partial charge in [0.2, 0.25) is 0 Å². The van der Waals surface area contributed by atoms with Gasteiger partial charge in [0.15, 0.2) is 11.5 Å². The van der Waals surface area contributed by atoms with Gasteiger partial charge in [-0.2, -0.15) is 0 Å². The zero-order valence-electron chi connectivity index (χ0n) is 6.98. The van der Waals surface area contributed by atoms with Crippen molar-refractivity contribution in [1.82, 2.24) is 0 Å². The van der Waals surface area contributed by atoms with Gasteiger partial charge in [-0.15, -0.1) is 0 Å². The summed E-state index contributed by atoms with van der Waals surface area (Å²) in [5, 5.41) is 8.30. The molecule has 0 amide bonds. The first-order valence-corrected chi connectivity index (χ1v) is 3.61. The van der Waals surface area contributed by atoms with Crippen molar-refractivity contribution in [2.75, 3.05) is 0 Å². The molecular weight excluding hydrogens is 172 g/mol. The van der Waals surface area contributed by atoms with E-state index in [4.69, 9.17) is 9.52 Å². The predicted molar refractivity (Wildman–Crippen MR) is 45.4 cm³/mol. The first-order chi connectivity index (χ1) is 6.09. The minimum Gasteiger partial charge on any atom is -0.478 e. The lowest BCUT2D eigenvalue weighted by Gasteiger charge is -1.85. The number of carbonyl (C=O) groups is 2. The third-order valence-corrected chi connectivity index (χ3v) is 1.36. The van der Waals surface area contributed by atoms with Crippen molar-refractivity contribution < 1.29 is 19.1 Å². The van der Waals surface area contributed by atoms with Crippen molar-refractivity contribution in [2.24, 2.45) is 0 Å². The molecule has 0 aliphatic carbocycles. The predicted octanol–water partition coefficient (Wildman–Crippen LogP) is 1.58. The molecule has 0 saturated carbocycles. The van der Waals surface area contributed by atoms with Crippen LogP contribution in [0.2, 0.25) is 0 Å². The van der Waals surface area contributed by atoms with Gasteiger partial charge in [0, 0.05) is 13.0 Å². The molecule has 0 fully saturated rings. The summed E-state index contributed by atoms with van der Waals surface area (Å²) >= 11 is 0. The summed E-state index contributed by atoms with van der Waals surface area (Å²) in [5.41, 5.74) is 0. The van der Waals surface area contributed by atoms with E-state index >= 15 is 0 Å². The van der Waals surface area contributed by atoms with E-state index in [-0.39, 0.29) is 11.5 Å². The minimum absolute atomic E-state index is 0.185. The maximum absolute atomic E-state index is 10.8. The lowest BCUT2D eigenvalue weighted by molar-refractivity contribution is -0.131. The third-order valence-electron chi connectivity index (χ3n) is 1.36. The number of aliphatic carboxylic acids is 1. The second kappa shape index (κ2) is 3.71. The number of carboxylic acid groups (broad SMARTS) is 1. The van der Waals surface area contributed by atoms with Gasteiger partial charge in [-0.25, -0.2) is 4.79 Å². The Kier molecular flexibility index (Phi) is 2.64. The molecule has 0 bridgehead atoms. The molecule has 13 heavy (non-hydrogen) atoms. The Hall–Kier alpha value is -1.84. The molecule has 4 nitrogen and oxygen atoms in total. The highest BCUT2D eigenvalue weighted by atomic mass is 16.4. The second-order valence-corrected chi connectivity index (χ2v) is 2.43. The number of carboxylic acids is 1. The molecule has 0 aromatic carbocycles. The van der Waals surface area contributed by atoms with Gasteiger partial charge in [-0.05, 0) is 18.2 Å². The van der Waals surface area contributed by atoms with Gasteiger partial charge in [-0.3, -0.25) is 4.79 Å². The number of hydrogen-bond donors (Lipinski definition) is 1. The van der Waals surface area contributed by atoms with Gasteiger partial charge in [0.1, 0.15) is 5.76 Å². The van der Waals surface area contributed by atoms with Crippen molar-refractivity contribution in [2.45, 2.75) is 6.92 Å². The molecule has 0 aliphatic heterocycles. The number of furan rings is 1. The third kappa shape index (κ3) is 2.59. The standard InChI is InChI=1S/C9H8O4/c1-6(10)8-4-2-7(13-8)3-5-9(11)12/h2-5H,1H3,(H,11,12). The van der Waals surface area contributed by atoms with Crippen LogP contribution in [0.1, 0.15) is 23.2 Å². The Balaban J connectivity index is 2.80. The van der Waals surface area contributed by atoms with E-state index in [0.717, 1.165) is 6.08 Å². The number of rotatable bonds is 3. The van der Waals surface area contributed by atoms with E-state index in [9.17, 15) is 9.59 Å². The van der Waals surface area contributed by atoms with E-state index < -0.39 is 5.97 Å². The molecule has 0 unspecified atom stereocenters. The maximum Gasteiger partial charge on any atom is 0.328 e. The Morgan fingerprint density at radius 2 is 2.15 bits per heavy atom. The van der Waals surface area contributed by atoms with Crippen molar-refractivity contribution in [1.29, 1.82) is 0 Å². The molecule has 1 aromatic rings. The van der Waals surface area contributed by atoms with E-state index in [1.165, 1.54) is 25.1 Å². The monoisotopic (exact) mass is 180 g/mol. The van der Waals surface area contributed by atoms with Crippen LogP contribution in [-0.2, 0) is 4.79 Å². The number of carbonyl (C=O) groups excluding carboxylic acids is 1. The van der Waals surface area contributed by atoms with E-state index in [1.807, 2.05) is 0 Å². The average Bonchev–Trinajstić information content (AvgIpc) is 2.48. The van der Waals surface area contributed by atoms with Crippen molar-refractivity contribution in [3.63, 3.8) is 0 Å². The molecule has 0 aliphatic rings. The SMILES string of the molecule is CC(=O)c1ccc(C=CC(=O)O)o1. The van der Waals surface area contributed by atoms with Crippen LogP contribution in [0.3, 0.4) is 0 Å². The molecule has 1 rings (SSSR count). The molecule has 0 spiro atoms. The molecular formula is C9H8O4. The molecule has 1 aromatic heterocycles. The van der Waals surface area contributed by atoms with Crippen LogP contribution < -0.4 is 0 Å². The molecule has 0 saturated heterocycles.